The average Bonchev–Trinajstić information content (AvgIpc) is 2.74. The second kappa shape index (κ2) is 9.04. The molecule has 110 valence electrons. The largest absolute Gasteiger partial charge is 0.358 e. The van der Waals surface area contributed by atoms with Gasteiger partial charge in [0.2, 0.25) is 0 Å². The number of H-pyrrole nitrogens is 1. The quantitative estimate of drug-likeness (QED) is 0.454. The highest BCUT2D eigenvalue weighted by Crippen LogP contribution is 2.25. The molecule has 0 saturated heterocycles. The first kappa shape index (κ1) is 17.1. The van der Waals surface area contributed by atoms with E-state index in [-0.39, 0.29) is 0 Å². The molecule has 0 saturated carbocycles. The highest BCUT2D eigenvalue weighted by Gasteiger charge is 2.07. The number of carbonyl (C=O) groups excluding carboxylic acids is 1. The second-order valence-electron chi connectivity index (χ2n) is 4.69. The van der Waals surface area contributed by atoms with Crippen molar-refractivity contribution >= 4 is 40.4 Å². The first-order valence-electron chi connectivity index (χ1n) is 6.90. The van der Waals surface area contributed by atoms with Crippen LogP contribution in [0.2, 0.25) is 5.02 Å². The summed E-state index contributed by atoms with van der Waals surface area (Å²) < 4.78 is 0. The maximum Gasteiger partial charge on any atom is 0.124 e. The van der Waals surface area contributed by atoms with Crippen molar-refractivity contribution in [2.45, 2.75) is 39.5 Å². The zero-order valence-corrected chi connectivity index (χ0v) is 13.5. The van der Waals surface area contributed by atoms with Gasteiger partial charge in [-0.2, -0.15) is 0 Å². The molecule has 4 heteroatoms. The molecule has 0 fully saturated rings. The van der Waals surface area contributed by atoms with Crippen molar-refractivity contribution in [2.24, 2.45) is 0 Å². The van der Waals surface area contributed by atoms with Gasteiger partial charge in [-0.3, -0.25) is 0 Å². The van der Waals surface area contributed by atoms with Crippen LogP contribution in [0.15, 0.2) is 18.2 Å². The Morgan fingerprint density at radius 3 is 2.60 bits per heavy atom. The van der Waals surface area contributed by atoms with E-state index in [1.807, 2.05) is 25.1 Å². The summed E-state index contributed by atoms with van der Waals surface area (Å²) in [6, 6.07) is 5.66. The molecule has 0 unspecified atom stereocenters. The predicted octanol–water partition coefficient (Wildman–Crippen LogP) is 5.29. The number of fused-ring (bicyclic) bond motifs is 1. The van der Waals surface area contributed by atoms with E-state index in [9.17, 15) is 4.79 Å². The van der Waals surface area contributed by atoms with Gasteiger partial charge in [-0.15, -0.1) is 11.6 Å². The molecule has 0 bridgehead atoms. The summed E-state index contributed by atoms with van der Waals surface area (Å²) in [6.45, 7) is 4.14. The minimum Gasteiger partial charge on any atom is -0.358 e. The van der Waals surface area contributed by atoms with Gasteiger partial charge in [0, 0.05) is 33.9 Å². The third kappa shape index (κ3) is 4.84. The van der Waals surface area contributed by atoms with Gasteiger partial charge in [0.15, 0.2) is 0 Å². The maximum atomic E-state index is 10.5. The van der Waals surface area contributed by atoms with Crippen molar-refractivity contribution in [2.75, 3.05) is 5.88 Å². The summed E-state index contributed by atoms with van der Waals surface area (Å²) in [5.74, 6) is 0.827. The molecule has 0 aliphatic carbocycles. The van der Waals surface area contributed by atoms with Gasteiger partial charge in [-0.05, 0) is 37.1 Å². The molecular weight excluding hydrogens is 293 g/mol. The van der Waals surface area contributed by atoms with Gasteiger partial charge in [0.05, 0.1) is 0 Å². The van der Waals surface area contributed by atoms with Crippen molar-refractivity contribution in [3.63, 3.8) is 0 Å². The number of aromatic nitrogens is 1. The molecule has 0 aliphatic heterocycles. The number of alkyl halides is 1. The summed E-state index contributed by atoms with van der Waals surface area (Å²) in [6.07, 6.45) is 5.08. The van der Waals surface area contributed by atoms with E-state index in [4.69, 9.17) is 23.2 Å². The predicted molar refractivity (Wildman–Crippen MR) is 88.1 cm³/mol. The summed E-state index contributed by atoms with van der Waals surface area (Å²) >= 11 is 11.3. The van der Waals surface area contributed by atoms with Crippen LogP contribution in [0, 0.1) is 6.92 Å². The van der Waals surface area contributed by atoms with E-state index >= 15 is 0 Å². The third-order valence-electron chi connectivity index (χ3n) is 3.11. The number of nitrogens with one attached hydrogen (secondary N) is 1. The van der Waals surface area contributed by atoms with Gasteiger partial charge < -0.3 is 9.78 Å². The van der Waals surface area contributed by atoms with Crippen molar-refractivity contribution in [3.8, 4) is 0 Å². The van der Waals surface area contributed by atoms with Crippen molar-refractivity contribution in [3.05, 3.63) is 34.5 Å². The number of benzene rings is 1. The first-order valence-corrected chi connectivity index (χ1v) is 7.81. The Hall–Kier alpha value is -0.990. The number of carbonyl (C=O) groups is 1. The Labute approximate surface area is 130 Å². The van der Waals surface area contributed by atoms with Gasteiger partial charge in [0.1, 0.15) is 6.29 Å². The number of rotatable bonds is 5. The Balaban J connectivity index is 0.000000286. The molecule has 1 heterocycles. The van der Waals surface area contributed by atoms with E-state index in [0.29, 0.717) is 11.4 Å². The number of unbranched alkanes of at least 4 members (excludes halogenated alkanes) is 2. The summed E-state index contributed by atoms with van der Waals surface area (Å²) in [5, 5.41) is 1.74. The lowest BCUT2D eigenvalue weighted by molar-refractivity contribution is -0.107. The zero-order chi connectivity index (χ0) is 15.0. The highest BCUT2D eigenvalue weighted by molar-refractivity contribution is 6.31. The molecule has 0 amide bonds. The van der Waals surface area contributed by atoms with Crippen LogP contribution >= 0.6 is 23.2 Å². The first-order chi connectivity index (χ1) is 9.63. The van der Waals surface area contributed by atoms with Crippen LogP contribution in [-0.2, 0) is 11.2 Å². The van der Waals surface area contributed by atoms with Crippen molar-refractivity contribution in [1.29, 1.82) is 0 Å². The second-order valence-corrected chi connectivity index (χ2v) is 5.50. The molecule has 2 aromatic rings. The number of aryl methyl sites for hydroxylation is 1. The fraction of sp³-hybridized carbons (Fsp3) is 0.438. The highest BCUT2D eigenvalue weighted by atomic mass is 35.5. The number of aromatic amines is 1. The van der Waals surface area contributed by atoms with E-state index in [2.05, 4.69) is 11.9 Å². The summed E-state index contributed by atoms with van der Waals surface area (Å²) in [5.41, 5.74) is 3.11. The van der Waals surface area contributed by atoms with Gasteiger partial charge in [-0.1, -0.05) is 31.4 Å². The SMILES string of the molecule is CCCCCCl.Cc1[nH]c2ccc(Cl)cc2c1CC=O. The Morgan fingerprint density at radius 1 is 1.30 bits per heavy atom. The number of hydrogen-bond donors (Lipinski definition) is 1. The minimum atomic E-state index is 0.437. The van der Waals surface area contributed by atoms with Crippen LogP contribution in [0.1, 0.15) is 37.4 Å². The van der Waals surface area contributed by atoms with Crippen LogP contribution in [-0.4, -0.2) is 17.2 Å². The topological polar surface area (TPSA) is 32.9 Å². The standard InChI is InChI=1S/C11H10ClNO.C5H11Cl/c1-7-9(4-5-14)10-6-8(12)2-3-11(10)13-7;1-2-3-4-5-6/h2-3,5-6,13H,4H2,1H3;2-5H2,1H3. The summed E-state index contributed by atoms with van der Waals surface area (Å²) in [7, 11) is 0. The van der Waals surface area contributed by atoms with E-state index in [1.54, 1.807) is 0 Å². The van der Waals surface area contributed by atoms with E-state index < -0.39 is 0 Å². The van der Waals surface area contributed by atoms with Crippen LogP contribution in [0.3, 0.4) is 0 Å². The molecule has 2 rings (SSSR count). The molecule has 1 aromatic carbocycles. The Morgan fingerprint density at radius 2 is 2.05 bits per heavy atom. The monoisotopic (exact) mass is 313 g/mol. The molecule has 1 N–H and O–H groups in total. The molecular formula is C16H21Cl2NO. The van der Waals surface area contributed by atoms with E-state index in [0.717, 1.165) is 34.3 Å². The number of halogens is 2. The lowest BCUT2D eigenvalue weighted by atomic mass is 10.1. The average molecular weight is 314 g/mol. The minimum absolute atomic E-state index is 0.437. The number of hydrogen-bond acceptors (Lipinski definition) is 1. The van der Waals surface area contributed by atoms with Crippen molar-refractivity contribution in [1.82, 2.24) is 4.98 Å². The van der Waals surface area contributed by atoms with Crippen LogP contribution in [0.4, 0.5) is 0 Å². The Bertz CT molecular complexity index is 545. The van der Waals surface area contributed by atoms with Crippen LogP contribution in [0.5, 0.6) is 0 Å². The fourth-order valence-electron chi connectivity index (χ4n) is 2.05. The molecule has 0 radical (unpaired) electrons. The molecule has 20 heavy (non-hydrogen) atoms. The van der Waals surface area contributed by atoms with Gasteiger partial charge >= 0.3 is 0 Å². The molecule has 2 nitrogen and oxygen atoms in total. The lowest BCUT2D eigenvalue weighted by Crippen LogP contribution is -1.86. The third-order valence-corrected chi connectivity index (χ3v) is 3.61. The van der Waals surface area contributed by atoms with Crippen LogP contribution in [0.25, 0.3) is 10.9 Å². The van der Waals surface area contributed by atoms with Crippen LogP contribution < -0.4 is 0 Å². The van der Waals surface area contributed by atoms with Gasteiger partial charge in [0.25, 0.3) is 0 Å². The molecule has 0 spiro atoms. The fourth-order valence-corrected chi connectivity index (χ4v) is 2.41. The van der Waals surface area contributed by atoms with E-state index in [1.165, 1.54) is 19.3 Å². The zero-order valence-electron chi connectivity index (χ0n) is 12.0. The molecule has 1 aromatic heterocycles. The van der Waals surface area contributed by atoms with Gasteiger partial charge in [-0.25, -0.2) is 0 Å². The number of aldehydes is 1. The lowest BCUT2D eigenvalue weighted by Gasteiger charge is -1.95. The smallest absolute Gasteiger partial charge is 0.124 e. The summed E-state index contributed by atoms with van der Waals surface area (Å²) in [4.78, 5) is 13.7. The molecule has 0 aliphatic rings. The Kier molecular flexibility index (Phi) is 7.71. The van der Waals surface area contributed by atoms with Crippen molar-refractivity contribution < 1.29 is 4.79 Å². The molecule has 0 atom stereocenters. The maximum absolute atomic E-state index is 10.5. The normalized spacial score (nSPS) is 10.2.